The minimum absolute atomic E-state index is 0. The number of nitrogens with zero attached hydrogens (tertiary/aromatic N) is 2. The van der Waals surface area contributed by atoms with Gasteiger partial charge in [0.1, 0.15) is 0 Å². The van der Waals surface area contributed by atoms with Crippen LogP contribution in [0.4, 0.5) is 0 Å². The summed E-state index contributed by atoms with van der Waals surface area (Å²) in [6.07, 6.45) is 5.31. The SMILES string of the molecule is CCNC(=NCC1CC1c1ccccc1)NC1CC(C)N(C2CC2)C1.I. The first-order chi connectivity index (χ1) is 12.2. The quantitative estimate of drug-likeness (QED) is 0.381. The van der Waals surface area contributed by atoms with Gasteiger partial charge in [0.15, 0.2) is 5.96 Å². The topological polar surface area (TPSA) is 39.7 Å². The highest BCUT2D eigenvalue weighted by atomic mass is 127. The molecule has 1 aromatic carbocycles. The third-order valence-corrected chi connectivity index (χ3v) is 5.96. The Bertz CT molecular complexity index is 601. The van der Waals surface area contributed by atoms with E-state index in [2.05, 4.69) is 59.7 Å². The molecule has 4 unspecified atom stereocenters. The maximum atomic E-state index is 4.90. The third kappa shape index (κ3) is 4.91. The predicted molar refractivity (Wildman–Crippen MR) is 119 cm³/mol. The van der Waals surface area contributed by atoms with Gasteiger partial charge in [-0.15, -0.1) is 24.0 Å². The summed E-state index contributed by atoms with van der Waals surface area (Å²) < 4.78 is 0. The zero-order valence-corrected chi connectivity index (χ0v) is 18.4. The molecule has 3 aliphatic rings. The summed E-state index contributed by atoms with van der Waals surface area (Å²) in [5, 5.41) is 7.14. The van der Waals surface area contributed by atoms with Crippen LogP contribution in [0.1, 0.15) is 51.0 Å². The second-order valence-corrected chi connectivity index (χ2v) is 8.09. The van der Waals surface area contributed by atoms with Gasteiger partial charge < -0.3 is 10.6 Å². The maximum Gasteiger partial charge on any atom is 0.191 e. The first-order valence-electron chi connectivity index (χ1n) is 10.1. The Morgan fingerprint density at radius 1 is 1.19 bits per heavy atom. The summed E-state index contributed by atoms with van der Waals surface area (Å²) in [6, 6.07) is 13.0. The average Bonchev–Trinajstić information content (AvgIpc) is 3.53. The van der Waals surface area contributed by atoms with Crippen molar-refractivity contribution in [2.75, 3.05) is 19.6 Å². The minimum Gasteiger partial charge on any atom is -0.357 e. The average molecular weight is 468 g/mol. The van der Waals surface area contributed by atoms with E-state index in [1.165, 1.54) is 37.8 Å². The fourth-order valence-electron chi connectivity index (χ4n) is 4.36. The normalized spacial score (nSPS) is 31.4. The first kappa shape index (κ1) is 19.9. The van der Waals surface area contributed by atoms with E-state index in [-0.39, 0.29) is 24.0 Å². The molecule has 0 bridgehead atoms. The lowest BCUT2D eigenvalue weighted by Gasteiger charge is -2.20. The van der Waals surface area contributed by atoms with Crippen LogP contribution in [-0.4, -0.2) is 48.6 Å². The van der Waals surface area contributed by atoms with Gasteiger partial charge in [-0.25, -0.2) is 0 Å². The highest BCUT2D eigenvalue weighted by molar-refractivity contribution is 14.0. The molecule has 144 valence electrons. The van der Waals surface area contributed by atoms with Gasteiger partial charge in [-0.2, -0.15) is 0 Å². The van der Waals surface area contributed by atoms with Crippen molar-refractivity contribution in [2.45, 2.75) is 63.6 Å². The summed E-state index contributed by atoms with van der Waals surface area (Å²) in [5.41, 5.74) is 1.48. The van der Waals surface area contributed by atoms with Crippen LogP contribution < -0.4 is 10.6 Å². The molecule has 0 aromatic heterocycles. The van der Waals surface area contributed by atoms with Crippen LogP contribution in [0.25, 0.3) is 0 Å². The fraction of sp³-hybridized carbons (Fsp3) is 0.667. The number of guanidine groups is 1. The Hall–Kier alpha value is -0.820. The summed E-state index contributed by atoms with van der Waals surface area (Å²) in [4.78, 5) is 7.59. The molecule has 1 aromatic rings. The number of benzene rings is 1. The standard InChI is InChI=1S/C21H32N4.HI/c1-3-22-21(24-18-11-15(2)25(14-18)19-9-10-19)23-13-17-12-20(17)16-7-5-4-6-8-16;/h4-8,15,17-20H,3,9-14H2,1-2H3,(H2,22,23,24);1H. The molecular formula is C21H33IN4. The molecule has 2 N–H and O–H groups in total. The van der Waals surface area contributed by atoms with Gasteiger partial charge in [0, 0.05) is 37.8 Å². The third-order valence-electron chi connectivity index (χ3n) is 5.96. The Morgan fingerprint density at radius 2 is 1.96 bits per heavy atom. The molecule has 0 spiro atoms. The van der Waals surface area contributed by atoms with Gasteiger partial charge in [-0.05, 0) is 56.9 Å². The van der Waals surface area contributed by atoms with Crippen LogP contribution in [0.15, 0.2) is 35.3 Å². The summed E-state index contributed by atoms with van der Waals surface area (Å²) in [5.74, 6) is 2.43. The lowest BCUT2D eigenvalue weighted by molar-refractivity contribution is 0.256. The van der Waals surface area contributed by atoms with E-state index < -0.39 is 0 Å². The Labute approximate surface area is 175 Å². The monoisotopic (exact) mass is 468 g/mol. The molecule has 5 heteroatoms. The van der Waals surface area contributed by atoms with Crippen molar-refractivity contribution in [2.24, 2.45) is 10.9 Å². The van der Waals surface area contributed by atoms with Gasteiger partial charge >= 0.3 is 0 Å². The van der Waals surface area contributed by atoms with Crippen molar-refractivity contribution >= 4 is 29.9 Å². The molecule has 2 aliphatic carbocycles. The number of halogens is 1. The number of hydrogen-bond donors (Lipinski definition) is 2. The van der Waals surface area contributed by atoms with Crippen LogP contribution in [0, 0.1) is 5.92 Å². The molecule has 2 saturated carbocycles. The van der Waals surface area contributed by atoms with Crippen molar-refractivity contribution in [3.8, 4) is 0 Å². The Balaban J connectivity index is 0.00000196. The largest absolute Gasteiger partial charge is 0.357 e. The van der Waals surface area contributed by atoms with E-state index in [1.54, 1.807) is 0 Å². The molecule has 1 heterocycles. The Morgan fingerprint density at radius 3 is 2.65 bits per heavy atom. The van der Waals surface area contributed by atoms with Gasteiger partial charge in [0.25, 0.3) is 0 Å². The molecule has 0 amide bonds. The van der Waals surface area contributed by atoms with E-state index in [0.717, 1.165) is 25.1 Å². The van der Waals surface area contributed by atoms with E-state index in [9.17, 15) is 0 Å². The van der Waals surface area contributed by atoms with E-state index in [0.29, 0.717) is 23.9 Å². The molecule has 26 heavy (non-hydrogen) atoms. The minimum atomic E-state index is 0. The van der Waals surface area contributed by atoms with Crippen LogP contribution >= 0.6 is 24.0 Å². The van der Waals surface area contributed by atoms with Crippen molar-refractivity contribution < 1.29 is 0 Å². The summed E-state index contributed by atoms with van der Waals surface area (Å²) in [7, 11) is 0. The number of nitrogens with one attached hydrogen (secondary N) is 2. The maximum absolute atomic E-state index is 4.90. The predicted octanol–water partition coefficient (Wildman–Crippen LogP) is 3.59. The molecular weight excluding hydrogens is 435 g/mol. The molecule has 0 radical (unpaired) electrons. The molecule has 1 aliphatic heterocycles. The molecule has 4 nitrogen and oxygen atoms in total. The fourth-order valence-corrected chi connectivity index (χ4v) is 4.36. The van der Waals surface area contributed by atoms with E-state index in [4.69, 9.17) is 4.99 Å². The van der Waals surface area contributed by atoms with Crippen LogP contribution in [0.5, 0.6) is 0 Å². The van der Waals surface area contributed by atoms with Crippen LogP contribution in [-0.2, 0) is 0 Å². The summed E-state index contributed by atoms with van der Waals surface area (Å²) >= 11 is 0. The van der Waals surface area contributed by atoms with E-state index in [1.807, 2.05) is 0 Å². The lowest BCUT2D eigenvalue weighted by atomic mass is 10.1. The summed E-state index contributed by atoms with van der Waals surface area (Å²) in [6.45, 7) is 7.55. The lowest BCUT2D eigenvalue weighted by Crippen LogP contribution is -2.44. The number of rotatable bonds is 6. The molecule has 4 atom stereocenters. The number of likely N-dealkylation sites (tertiary alicyclic amines) is 1. The Kier molecular flexibility index (Phi) is 6.83. The second-order valence-electron chi connectivity index (χ2n) is 8.09. The zero-order chi connectivity index (χ0) is 17.2. The second kappa shape index (κ2) is 8.91. The van der Waals surface area contributed by atoms with Crippen molar-refractivity contribution in [1.29, 1.82) is 0 Å². The number of hydrogen-bond acceptors (Lipinski definition) is 2. The van der Waals surface area contributed by atoms with Crippen LogP contribution in [0.2, 0.25) is 0 Å². The van der Waals surface area contributed by atoms with Crippen molar-refractivity contribution in [1.82, 2.24) is 15.5 Å². The first-order valence-corrected chi connectivity index (χ1v) is 10.1. The molecule has 4 rings (SSSR count). The zero-order valence-electron chi connectivity index (χ0n) is 16.0. The van der Waals surface area contributed by atoms with E-state index >= 15 is 0 Å². The van der Waals surface area contributed by atoms with Crippen LogP contribution in [0.3, 0.4) is 0 Å². The smallest absolute Gasteiger partial charge is 0.191 e. The van der Waals surface area contributed by atoms with Crippen molar-refractivity contribution in [3.63, 3.8) is 0 Å². The van der Waals surface area contributed by atoms with Gasteiger partial charge in [0.2, 0.25) is 0 Å². The number of aliphatic imine (C=N–C) groups is 1. The highest BCUT2D eigenvalue weighted by Gasteiger charge is 2.39. The van der Waals surface area contributed by atoms with Gasteiger partial charge in [-0.1, -0.05) is 30.3 Å². The molecule has 1 saturated heterocycles. The van der Waals surface area contributed by atoms with Crippen molar-refractivity contribution in [3.05, 3.63) is 35.9 Å². The van der Waals surface area contributed by atoms with Gasteiger partial charge in [0.05, 0.1) is 0 Å². The van der Waals surface area contributed by atoms with Gasteiger partial charge in [-0.3, -0.25) is 9.89 Å². The highest BCUT2D eigenvalue weighted by Crippen LogP contribution is 2.47. The molecule has 3 fully saturated rings.